The summed E-state index contributed by atoms with van der Waals surface area (Å²) in [5.74, 6) is 1.32. The van der Waals surface area contributed by atoms with Crippen molar-refractivity contribution < 1.29 is 19.1 Å². The van der Waals surface area contributed by atoms with Crippen molar-refractivity contribution >= 4 is 11.8 Å². The number of rotatable bonds is 12. The number of nitrogens with zero attached hydrogens (tertiary/aromatic N) is 1. The fraction of sp³-hybridized carbons (Fsp3) is 0.440. The summed E-state index contributed by atoms with van der Waals surface area (Å²) in [7, 11) is 1.61. The molecule has 31 heavy (non-hydrogen) atoms. The van der Waals surface area contributed by atoms with E-state index in [1.165, 1.54) is 0 Å². The first-order valence-corrected chi connectivity index (χ1v) is 10.8. The molecule has 6 heteroatoms. The molecule has 2 aromatic carbocycles. The Kier molecular flexibility index (Phi) is 9.88. The average Bonchev–Trinajstić information content (AvgIpc) is 2.80. The Morgan fingerprint density at radius 2 is 1.68 bits per heavy atom. The van der Waals surface area contributed by atoms with E-state index in [2.05, 4.69) is 5.32 Å². The number of ether oxygens (including phenoxy) is 2. The lowest BCUT2D eigenvalue weighted by Gasteiger charge is -2.30. The van der Waals surface area contributed by atoms with Gasteiger partial charge in [-0.25, -0.2) is 0 Å². The van der Waals surface area contributed by atoms with Gasteiger partial charge in [0.05, 0.1) is 13.7 Å². The van der Waals surface area contributed by atoms with Gasteiger partial charge in [0.25, 0.3) is 0 Å². The molecule has 2 rings (SSSR count). The van der Waals surface area contributed by atoms with Crippen LogP contribution in [0.15, 0.2) is 54.6 Å². The number of benzene rings is 2. The highest BCUT2D eigenvalue weighted by Gasteiger charge is 2.26. The van der Waals surface area contributed by atoms with Crippen LogP contribution < -0.4 is 14.8 Å². The van der Waals surface area contributed by atoms with E-state index in [1.807, 2.05) is 68.4 Å². The van der Waals surface area contributed by atoms with Gasteiger partial charge in [-0.1, -0.05) is 37.3 Å². The van der Waals surface area contributed by atoms with Gasteiger partial charge in [0.15, 0.2) is 0 Å². The first-order chi connectivity index (χ1) is 14.9. The monoisotopic (exact) mass is 426 g/mol. The van der Waals surface area contributed by atoms with E-state index in [0.29, 0.717) is 26.0 Å². The zero-order valence-electron chi connectivity index (χ0n) is 19.0. The zero-order chi connectivity index (χ0) is 22.6. The Balaban J connectivity index is 2.01. The van der Waals surface area contributed by atoms with Crippen LogP contribution >= 0.6 is 0 Å². The maximum Gasteiger partial charge on any atom is 0.242 e. The molecule has 2 aromatic rings. The molecule has 0 unspecified atom stereocenters. The van der Waals surface area contributed by atoms with E-state index in [4.69, 9.17) is 9.47 Å². The molecule has 0 aliphatic rings. The number of hydrogen-bond acceptors (Lipinski definition) is 4. The second-order valence-electron chi connectivity index (χ2n) is 7.63. The number of nitrogens with one attached hydrogen (secondary N) is 1. The van der Waals surface area contributed by atoms with Gasteiger partial charge >= 0.3 is 0 Å². The number of para-hydroxylation sites is 1. The SMILES string of the molecule is CC[C@H](C)NC(=O)[C@H](C)N(Cc1ccc(OC)cc1)C(=O)CCCOc1ccccc1. The maximum absolute atomic E-state index is 13.0. The summed E-state index contributed by atoms with van der Waals surface area (Å²) in [5.41, 5.74) is 0.942. The average molecular weight is 427 g/mol. The quantitative estimate of drug-likeness (QED) is 0.517. The van der Waals surface area contributed by atoms with E-state index in [9.17, 15) is 9.59 Å². The lowest BCUT2D eigenvalue weighted by atomic mass is 10.1. The Hall–Kier alpha value is -3.02. The largest absolute Gasteiger partial charge is 0.497 e. The standard InChI is InChI=1S/C25H34N2O4/c1-5-19(2)26-25(29)20(3)27(18-21-13-15-22(30-4)16-14-21)24(28)12-9-17-31-23-10-7-6-8-11-23/h6-8,10-11,13-16,19-20H,5,9,12,17-18H2,1-4H3,(H,26,29)/t19-,20-/m0/s1. The summed E-state index contributed by atoms with van der Waals surface area (Å²) in [5, 5.41) is 2.98. The topological polar surface area (TPSA) is 67.9 Å². The molecular weight excluding hydrogens is 392 g/mol. The Labute approximate surface area is 185 Å². The molecule has 0 aliphatic heterocycles. The van der Waals surface area contributed by atoms with Crippen LogP contribution in [0.4, 0.5) is 0 Å². The molecule has 0 saturated heterocycles. The summed E-state index contributed by atoms with van der Waals surface area (Å²) in [6.45, 7) is 6.56. The number of hydrogen-bond donors (Lipinski definition) is 1. The van der Waals surface area contributed by atoms with Gasteiger partial charge in [-0.05, 0) is 56.5 Å². The van der Waals surface area contributed by atoms with Crippen molar-refractivity contribution in [1.29, 1.82) is 0 Å². The summed E-state index contributed by atoms with van der Waals surface area (Å²) in [6.07, 6.45) is 1.72. The Bertz CT molecular complexity index is 808. The molecule has 0 bridgehead atoms. The molecular formula is C25H34N2O4. The molecule has 0 radical (unpaired) electrons. The van der Waals surface area contributed by atoms with Crippen molar-refractivity contribution in [1.82, 2.24) is 10.2 Å². The molecule has 0 aliphatic carbocycles. The molecule has 0 fully saturated rings. The third-order valence-electron chi connectivity index (χ3n) is 5.23. The van der Waals surface area contributed by atoms with Crippen LogP contribution in [0.25, 0.3) is 0 Å². The van der Waals surface area contributed by atoms with Crippen molar-refractivity contribution in [3.05, 3.63) is 60.2 Å². The summed E-state index contributed by atoms with van der Waals surface area (Å²) in [4.78, 5) is 27.4. The fourth-order valence-electron chi connectivity index (χ4n) is 3.05. The van der Waals surface area contributed by atoms with Crippen molar-refractivity contribution in [2.24, 2.45) is 0 Å². The van der Waals surface area contributed by atoms with Crippen molar-refractivity contribution in [2.75, 3.05) is 13.7 Å². The van der Waals surface area contributed by atoms with Crippen LogP contribution in [0.5, 0.6) is 11.5 Å². The second kappa shape index (κ2) is 12.6. The third kappa shape index (κ3) is 7.96. The van der Waals surface area contributed by atoms with Crippen molar-refractivity contribution in [3.8, 4) is 11.5 Å². The first kappa shape index (κ1) is 24.3. The van der Waals surface area contributed by atoms with Gasteiger partial charge in [0.2, 0.25) is 11.8 Å². The van der Waals surface area contributed by atoms with Crippen LogP contribution in [0.1, 0.15) is 45.6 Å². The lowest BCUT2D eigenvalue weighted by Crippen LogP contribution is -2.49. The number of methoxy groups -OCH3 is 1. The van der Waals surface area contributed by atoms with Crippen LogP contribution in [-0.4, -0.2) is 42.5 Å². The lowest BCUT2D eigenvalue weighted by molar-refractivity contribution is -0.141. The van der Waals surface area contributed by atoms with Gasteiger partial charge in [0, 0.05) is 19.0 Å². The van der Waals surface area contributed by atoms with E-state index in [0.717, 1.165) is 23.5 Å². The molecule has 0 heterocycles. The molecule has 2 atom stereocenters. The minimum atomic E-state index is -0.571. The zero-order valence-corrected chi connectivity index (χ0v) is 19.0. The molecule has 0 saturated carbocycles. The normalized spacial score (nSPS) is 12.5. The van der Waals surface area contributed by atoms with E-state index in [-0.39, 0.29) is 17.9 Å². The van der Waals surface area contributed by atoms with Crippen LogP contribution in [-0.2, 0) is 16.1 Å². The third-order valence-corrected chi connectivity index (χ3v) is 5.23. The summed E-state index contributed by atoms with van der Waals surface area (Å²) >= 11 is 0. The maximum atomic E-state index is 13.0. The highest BCUT2D eigenvalue weighted by Crippen LogP contribution is 2.16. The van der Waals surface area contributed by atoms with Gasteiger partial charge in [-0.15, -0.1) is 0 Å². The number of carbonyl (C=O) groups is 2. The minimum absolute atomic E-state index is 0.0622. The van der Waals surface area contributed by atoms with Gasteiger partial charge in [-0.3, -0.25) is 9.59 Å². The number of amides is 2. The smallest absolute Gasteiger partial charge is 0.242 e. The first-order valence-electron chi connectivity index (χ1n) is 10.8. The van der Waals surface area contributed by atoms with Gasteiger partial charge < -0.3 is 19.7 Å². The highest BCUT2D eigenvalue weighted by molar-refractivity contribution is 5.87. The van der Waals surface area contributed by atoms with Crippen LogP contribution in [0, 0.1) is 0 Å². The molecule has 168 valence electrons. The van der Waals surface area contributed by atoms with Crippen molar-refractivity contribution in [3.63, 3.8) is 0 Å². The number of carbonyl (C=O) groups excluding carboxylic acids is 2. The second-order valence-corrected chi connectivity index (χ2v) is 7.63. The summed E-state index contributed by atoms with van der Waals surface area (Å²) in [6, 6.07) is 16.6. The fourth-order valence-corrected chi connectivity index (χ4v) is 3.05. The van der Waals surface area contributed by atoms with Gasteiger partial charge in [0.1, 0.15) is 17.5 Å². The predicted octanol–water partition coefficient (Wildman–Crippen LogP) is 4.19. The molecule has 2 amide bonds. The van der Waals surface area contributed by atoms with Crippen LogP contribution in [0.2, 0.25) is 0 Å². The van der Waals surface area contributed by atoms with E-state index < -0.39 is 6.04 Å². The Morgan fingerprint density at radius 1 is 1.00 bits per heavy atom. The molecule has 0 aromatic heterocycles. The Morgan fingerprint density at radius 3 is 2.29 bits per heavy atom. The molecule has 1 N–H and O–H groups in total. The molecule has 6 nitrogen and oxygen atoms in total. The van der Waals surface area contributed by atoms with Crippen LogP contribution in [0.3, 0.4) is 0 Å². The van der Waals surface area contributed by atoms with E-state index >= 15 is 0 Å². The summed E-state index contributed by atoms with van der Waals surface area (Å²) < 4.78 is 10.9. The predicted molar refractivity (Wildman–Crippen MR) is 122 cm³/mol. The highest BCUT2D eigenvalue weighted by atomic mass is 16.5. The van der Waals surface area contributed by atoms with E-state index in [1.54, 1.807) is 18.9 Å². The van der Waals surface area contributed by atoms with Crippen molar-refractivity contribution in [2.45, 2.75) is 58.7 Å². The van der Waals surface area contributed by atoms with Gasteiger partial charge in [-0.2, -0.15) is 0 Å². The minimum Gasteiger partial charge on any atom is -0.497 e. The molecule has 0 spiro atoms.